The first-order valence-electron chi connectivity index (χ1n) is 16.1. The van der Waals surface area contributed by atoms with Gasteiger partial charge in [-0.15, -0.1) is 0 Å². The largest absolute Gasteiger partial charge is 0.310 e. The zero-order chi connectivity index (χ0) is 31.6. The lowest BCUT2D eigenvalue weighted by atomic mass is 10.1. The van der Waals surface area contributed by atoms with Gasteiger partial charge in [0.2, 0.25) is 11.9 Å². The molecular formula is C34H38N10O2. The van der Waals surface area contributed by atoms with Gasteiger partial charge < -0.3 is 9.13 Å². The van der Waals surface area contributed by atoms with E-state index >= 15 is 0 Å². The number of nitrogens with zero attached hydrogens (tertiary/aromatic N) is 8. The summed E-state index contributed by atoms with van der Waals surface area (Å²) < 4.78 is 7.62. The number of fused-ring (bicyclic) bond motifs is 9. The Hall–Kier alpha value is -5.26. The quantitative estimate of drug-likeness (QED) is 0.247. The van der Waals surface area contributed by atoms with Gasteiger partial charge in [0, 0.05) is 32.9 Å². The first-order chi connectivity index (χ1) is 22.5. The number of aryl methyl sites for hydroxylation is 6. The van der Waals surface area contributed by atoms with Crippen LogP contribution in [0.1, 0.15) is 71.3 Å². The summed E-state index contributed by atoms with van der Waals surface area (Å²) in [5.74, 6) is 0.623. The summed E-state index contributed by atoms with van der Waals surface area (Å²) in [5.41, 5.74) is 6.35. The Morgan fingerprint density at radius 3 is 2.00 bits per heavy atom. The fourth-order valence-electron chi connectivity index (χ4n) is 6.37. The molecule has 0 unspecified atom stereocenters. The number of rotatable bonds is 1. The summed E-state index contributed by atoms with van der Waals surface area (Å²) >= 11 is 0. The Kier molecular flexibility index (Phi) is 8.08. The maximum absolute atomic E-state index is 13.6. The lowest BCUT2D eigenvalue weighted by Gasteiger charge is -2.13. The molecule has 0 fully saturated rings. The van der Waals surface area contributed by atoms with E-state index in [1.54, 1.807) is 15.6 Å². The van der Waals surface area contributed by atoms with Gasteiger partial charge in [0.1, 0.15) is 5.69 Å². The predicted octanol–water partition coefficient (Wildman–Crippen LogP) is 5.59. The molecule has 0 aliphatic carbocycles. The van der Waals surface area contributed by atoms with E-state index in [0.717, 1.165) is 72.0 Å². The van der Waals surface area contributed by atoms with E-state index in [2.05, 4.69) is 24.9 Å². The summed E-state index contributed by atoms with van der Waals surface area (Å²) in [5, 5.41) is 15.5. The summed E-state index contributed by atoms with van der Waals surface area (Å²) in [6.07, 6.45) is 7.60. The highest BCUT2D eigenvalue weighted by Crippen LogP contribution is 2.24. The van der Waals surface area contributed by atoms with Crippen molar-refractivity contribution >= 4 is 45.8 Å². The number of nitrogens with one attached hydrogen (secondary N) is 2. The van der Waals surface area contributed by atoms with Crippen LogP contribution in [0.5, 0.6) is 0 Å². The molecule has 0 spiro atoms. The summed E-state index contributed by atoms with van der Waals surface area (Å²) in [6, 6.07) is 17.8. The standard InChI is InChI=1S/C34H38N10O2/c1-3-44-30-21-23(39-44)13-5-4-6-14-25-24(22-41(2)40-25)31(45)37-33-35-26-15-7-9-17-28(26)42(33)19-11-12-20-43-29-18-10-8-16-27(29)36-34(43)38-32(30)46/h7-10,15-18,21-22H,3-6,11-14,19-20H2,1-2H3,(H,35,37,45)(H,36,38,46). The Balaban J connectivity index is 1.22. The van der Waals surface area contributed by atoms with Crippen molar-refractivity contribution in [1.29, 1.82) is 0 Å². The smallest absolute Gasteiger partial charge is 0.276 e. The monoisotopic (exact) mass is 618 g/mol. The molecule has 2 bridgehead atoms. The molecule has 0 saturated carbocycles. The molecule has 4 aromatic heterocycles. The third kappa shape index (κ3) is 5.78. The molecule has 1 aliphatic rings. The topological polar surface area (TPSA) is 129 Å². The number of hydrogen-bond acceptors (Lipinski definition) is 6. The van der Waals surface area contributed by atoms with Crippen LogP contribution in [0.2, 0.25) is 0 Å². The van der Waals surface area contributed by atoms with Crippen molar-refractivity contribution in [3.05, 3.63) is 83.4 Å². The summed E-state index contributed by atoms with van der Waals surface area (Å²) in [6.45, 7) is 3.89. The van der Waals surface area contributed by atoms with Crippen molar-refractivity contribution < 1.29 is 9.59 Å². The van der Waals surface area contributed by atoms with Crippen LogP contribution >= 0.6 is 0 Å². The molecule has 6 aromatic rings. The SMILES string of the molecule is CCn1nc2cc1C(=O)Nc1nc3ccccc3n1CCCCn1c(nc3ccccc31)NC(=O)c1cn(C)nc1CCCCC2. The van der Waals surface area contributed by atoms with Crippen LogP contribution in [-0.2, 0) is 39.5 Å². The molecule has 1 aliphatic heterocycles. The van der Waals surface area contributed by atoms with Gasteiger partial charge in [0.05, 0.1) is 39.0 Å². The van der Waals surface area contributed by atoms with Gasteiger partial charge in [0.25, 0.3) is 11.8 Å². The number of amides is 2. The maximum Gasteiger partial charge on any atom is 0.276 e. The van der Waals surface area contributed by atoms with Crippen molar-refractivity contribution in [3.8, 4) is 0 Å². The zero-order valence-corrected chi connectivity index (χ0v) is 26.2. The highest BCUT2D eigenvalue weighted by Gasteiger charge is 2.21. The average molecular weight is 619 g/mol. The molecule has 7 rings (SSSR count). The van der Waals surface area contributed by atoms with Crippen LogP contribution in [0.15, 0.2) is 60.8 Å². The molecule has 0 saturated heterocycles. The second-order valence-corrected chi connectivity index (χ2v) is 11.8. The minimum Gasteiger partial charge on any atom is -0.310 e. The summed E-state index contributed by atoms with van der Waals surface area (Å²) in [4.78, 5) is 36.8. The van der Waals surface area contributed by atoms with Crippen LogP contribution in [0.3, 0.4) is 0 Å². The maximum atomic E-state index is 13.6. The van der Waals surface area contributed by atoms with Gasteiger partial charge in [0.15, 0.2) is 0 Å². The lowest BCUT2D eigenvalue weighted by Crippen LogP contribution is -2.20. The number of carbonyl (C=O) groups excluding carboxylic acids is 2. The molecule has 0 radical (unpaired) electrons. The van der Waals surface area contributed by atoms with Crippen molar-refractivity contribution in [2.75, 3.05) is 10.6 Å². The van der Waals surface area contributed by atoms with Gasteiger partial charge in [-0.3, -0.25) is 29.6 Å². The second kappa shape index (κ2) is 12.6. The molecule has 2 amide bonds. The Labute approximate surface area is 266 Å². The third-order valence-electron chi connectivity index (χ3n) is 8.63. The third-order valence-corrected chi connectivity index (χ3v) is 8.63. The first kappa shape index (κ1) is 29.5. The molecule has 2 aromatic carbocycles. The van der Waals surface area contributed by atoms with Crippen molar-refractivity contribution in [2.24, 2.45) is 7.05 Å². The van der Waals surface area contributed by atoms with E-state index in [4.69, 9.17) is 15.1 Å². The Bertz CT molecular complexity index is 2050. The van der Waals surface area contributed by atoms with Gasteiger partial charge in [-0.2, -0.15) is 10.2 Å². The van der Waals surface area contributed by atoms with Crippen LogP contribution in [0, 0.1) is 0 Å². The van der Waals surface area contributed by atoms with Crippen LogP contribution in [0.25, 0.3) is 22.1 Å². The molecule has 12 nitrogen and oxygen atoms in total. The number of hydrogen-bond donors (Lipinski definition) is 2. The molecule has 46 heavy (non-hydrogen) atoms. The van der Waals surface area contributed by atoms with E-state index in [-0.39, 0.29) is 11.8 Å². The number of imidazole rings is 2. The number of aromatic nitrogens is 8. The second-order valence-electron chi connectivity index (χ2n) is 11.8. The van der Waals surface area contributed by atoms with Crippen molar-refractivity contribution in [3.63, 3.8) is 0 Å². The first-order valence-corrected chi connectivity index (χ1v) is 16.1. The molecule has 12 heteroatoms. The number of anilines is 2. The van der Waals surface area contributed by atoms with Gasteiger partial charge in [-0.25, -0.2) is 9.97 Å². The van der Waals surface area contributed by atoms with Crippen LogP contribution in [0.4, 0.5) is 11.9 Å². The fraction of sp³-hybridized carbons (Fsp3) is 0.353. The van der Waals surface area contributed by atoms with E-state index in [0.29, 0.717) is 49.2 Å². The van der Waals surface area contributed by atoms with E-state index in [1.165, 1.54) is 0 Å². The Morgan fingerprint density at radius 2 is 1.35 bits per heavy atom. The molecule has 0 atom stereocenters. The highest BCUT2D eigenvalue weighted by atomic mass is 16.2. The number of carbonyl (C=O) groups is 2. The van der Waals surface area contributed by atoms with Gasteiger partial charge >= 0.3 is 0 Å². The lowest BCUT2D eigenvalue weighted by molar-refractivity contribution is 0.101. The van der Waals surface area contributed by atoms with E-state index in [9.17, 15) is 9.59 Å². The normalized spacial score (nSPS) is 15.3. The van der Waals surface area contributed by atoms with Crippen LogP contribution in [-0.4, -0.2) is 50.5 Å². The zero-order valence-electron chi connectivity index (χ0n) is 26.2. The molecule has 236 valence electrons. The minimum atomic E-state index is -0.216. The highest BCUT2D eigenvalue weighted by molar-refractivity contribution is 6.05. The summed E-state index contributed by atoms with van der Waals surface area (Å²) in [7, 11) is 1.84. The van der Waals surface area contributed by atoms with Gasteiger partial charge in [-0.05, 0) is 75.8 Å². The molecule has 5 heterocycles. The van der Waals surface area contributed by atoms with Crippen molar-refractivity contribution in [1.82, 2.24) is 38.7 Å². The van der Waals surface area contributed by atoms with Crippen LogP contribution < -0.4 is 10.6 Å². The predicted molar refractivity (Wildman–Crippen MR) is 177 cm³/mol. The Morgan fingerprint density at radius 1 is 0.739 bits per heavy atom. The van der Waals surface area contributed by atoms with E-state index in [1.807, 2.05) is 68.6 Å². The van der Waals surface area contributed by atoms with Gasteiger partial charge in [-0.1, -0.05) is 30.7 Å². The fourth-order valence-corrected chi connectivity index (χ4v) is 6.37. The van der Waals surface area contributed by atoms with Crippen molar-refractivity contribution in [2.45, 2.75) is 71.5 Å². The number of benzene rings is 2. The minimum absolute atomic E-state index is 0.204. The number of para-hydroxylation sites is 4. The van der Waals surface area contributed by atoms with E-state index < -0.39 is 0 Å². The molecule has 2 N–H and O–H groups in total. The molecular weight excluding hydrogens is 580 g/mol. The average Bonchev–Trinajstić information content (AvgIpc) is 3.82.